The topological polar surface area (TPSA) is 62.8 Å². The molecular weight excluding hydrogens is 336 g/mol. The van der Waals surface area contributed by atoms with Crippen LogP contribution >= 0.6 is 0 Å². The van der Waals surface area contributed by atoms with E-state index in [0.717, 1.165) is 30.0 Å². The van der Waals surface area contributed by atoms with Crippen LogP contribution in [0.2, 0.25) is 0 Å². The van der Waals surface area contributed by atoms with Crippen molar-refractivity contribution in [2.24, 2.45) is 23.7 Å². The molecule has 3 rings (SSSR count). The molecule has 0 spiro atoms. The van der Waals surface area contributed by atoms with Gasteiger partial charge in [0.25, 0.3) is 0 Å². The van der Waals surface area contributed by atoms with Gasteiger partial charge in [0.05, 0.1) is 12.6 Å². The molecule has 2 N–H and O–H groups in total. The van der Waals surface area contributed by atoms with Crippen LogP contribution in [0.25, 0.3) is 11.2 Å². The molecule has 3 atom stereocenters. The van der Waals surface area contributed by atoms with E-state index in [-0.39, 0.29) is 0 Å². The monoisotopic (exact) mass is 370 g/mol. The summed E-state index contributed by atoms with van der Waals surface area (Å²) >= 11 is 0. The number of H-pyrrole nitrogens is 1. The number of hydrogen-bond acceptors (Lipinski definition) is 4. The number of methoxy groups -OCH3 is 1. The number of aromatic amines is 1. The van der Waals surface area contributed by atoms with Crippen LogP contribution in [-0.2, 0) is 6.42 Å². The van der Waals surface area contributed by atoms with E-state index in [1.54, 1.807) is 7.11 Å². The highest BCUT2D eigenvalue weighted by atomic mass is 16.5. The summed E-state index contributed by atoms with van der Waals surface area (Å²) in [4.78, 5) is 12.6. The van der Waals surface area contributed by atoms with Crippen LogP contribution in [0.3, 0.4) is 0 Å². The van der Waals surface area contributed by atoms with Gasteiger partial charge in [0.2, 0.25) is 5.88 Å². The summed E-state index contributed by atoms with van der Waals surface area (Å²) in [6, 6.07) is 4.40. The molecule has 0 fully saturated rings. The molecule has 1 aliphatic rings. The van der Waals surface area contributed by atoms with E-state index in [1.807, 2.05) is 12.1 Å². The smallest absolute Gasteiger partial charge is 0.215 e. The van der Waals surface area contributed by atoms with E-state index >= 15 is 0 Å². The van der Waals surface area contributed by atoms with Crippen molar-refractivity contribution in [3.05, 3.63) is 29.6 Å². The number of rotatable bonds is 7. The van der Waals surface area contributed by atoms with Crippen molar-refractivity contribution >= 4 is 11.2 Å². The quantitative estimate of drug-likeness (QED) is 0.711. The van der Waals surface area contributed by atoms with Gasteiger partial charge in [-0.1, -0.05) is 39.3 Å². The number of ether oxygens (including phenoxy) is 1. The molecule has 2 aromatic heterocycles. The summed E-state index contributed by atoms with van der Waals surface area (Å²) in [6.07, 6.45) is 4.67. The van der Waals surface area contributed by atoms with Crippen molar-refractivity contribution in [2.75, 3.05) is 13.7 Å². The van der Waals surface area contributed by atoms with Crippen molar-refractivity contribution in [3.63, 3.8) is 0 Å². The van der Waals surface area contributed by atoms with Crippen LogP contribution < -0.4 is 10.1 Å². The van der Waals surface area contributed by atoms with Crippen LogP contribution in [0, 0.1) is 23.7 Å². The predicted molar refractivity (Wildman–Crippen MR) is 111 cm³/mol. The zero-order chi connectivity index (χ0) is 19.6. The average molecular weight is 371 g/mol. The van der Waals surface area contributed by atoms with Gasteiger partial charge in [-0.15, -0.1) is 0 Å². The molecule has 0 saturated heterocycles. The first-order valence-corrected chi connectivity index (χ1v) is 10.2. The van der Waals surface area contributed by atoms with E-state index in [9.17, 15) is 0 Å². The van der Waals surface area contributed by atoms with Gasteiger partial charge < -0.3 is 15.0 Å². The lowest BCUT2D eigenvalue weighted by Crippen LogP contribution is -2.37. The summed E-state index contributed by atoms with van der Waals surface area (Å²) in [7, 11) is 1.63. The molecule has 2 aromatic rings. The summed E-state index contributed by atoms with van der Waals surface area (Å²) in [5.74, 6) is 4.16. The molecule has 0 aromatic carbocycles. The van der Waals surface area contributed by atoms with E-state index in [2.05, 4.69) is 56.0 Å². The Bertz CT molecular complexity index is 793. The fourth-order valence-corrected chi connectivity index (χ4v) is 4.25. The van der Waals surface area contributed by atoms with Crippen LogP contribution in [0.15, 0.2) is 23.8 Å². The maximum absolute atomic E-state index is 5.21. The molecule has 0 bridgehead atoms. The summed E-state index contributed by atoms with van der Waals surface area (Å²) < 4.78 is 5.21. The zero-order valence-corrected chi connectivity index (χ0v) is 17.5. The minimum absolute atomic E-state index is 0.532. The lowest BCUT2D eigenvalue weighted by Gasteiger charge is -2.37. The Balaban J connectivity index is 1.77. The van der Waals surface area contributed by atoms with Crippen molar-refractivity contribution in [3.8, 4) is 5.88 Å². The zero-order valence-electron chi connectivity index (χ0n) is 17.5. The largest absolute Gasteiger partial charge is 0.481 e. The number of aromatic nitrogens is 3. The lowest BCUT2D eigenvalue weighted by molar-refractivity contribution is 0.219. The highest BCUT2D eigenvalue weighted by molar-refractivity contribution is 5.71. The van der Waals surface area contributed by atoms with E-state index in [1.165, 1.54) is 12.0 Å². The van der Waals surface area contributed by atoms with E-state index < -0.39 is 0 Å². The fraction of sp³-hybridized carbons (Fsp3) is 0.636. The molecule has 3 unspecified atom stereocenters. The third-order valence-electron chi connectivity index (χ3n) is 5.86. The number of hydrogen-bond donors (Lipinski definition) is 2. The average Bonchev–Trinajstić information content (AvgIpc) is 3.02. The maximum Gasteiger partial charge on any atom is 0.215 e. The van der Waals surface area contributed by atoms with Crippen LogP contribution in [-0.4, -0.2) is 34.6 Å². The highest BCUT2D eigenvalue weighted by Gasteiger charge is 2.32. The van der Waals surface area contributed by atoms with E-state index in [4.69, 9.17) is 9.72 Å². The van der Waals surface area contributed by atoms with Crippen molar-refractivity contribution in [1.29, 1.82) is 0 Å². The second-order valence-electron chi connectivity index (χ2n) is 8.59. The predicted octanol–water partition coefficient (Wildman–Crippen LogP) is 4.36. The second-order valence-corrected chi connectivity index (χ2v) is 8.59. The number of allylic oxidation sites excluding steroid dienone is 1. The second kappa shape index (κ2) is 8.42. The first-order valence-electron chi connectivity index (χ1n) is 10.2. The van der Waals surface area contributed by atoms with Gasteiger partial charge in [0.15, 0.2) is 5.65 Å². The first kappa shape index (κ1) is 19.9. The van der Waals surface area contributed by atoms with Crippen molar-refractivity contribution < 1.29 is 4.74 Å². The number of nitrogens with zero attached hydrogens (tertiary/aromatic N) is 2. The fourth-order valence-electron chi connectivity index (χ4n) is 4.25. The Morgan fingerprint density at radius 3 is 2.67 bits per heavy atom. The maximum atomic E-state index is 5.21. The van der Waals surface area contributed by atoms with Crippen molar-refractivity contribution in [1.82, 2.24) is 20.3 Å². The molecule has 27 heavy (non-hydrogen) atoms. The Morgan fingerprint density at radius 1 is 1.22 bits per heavy atom. The highest BCUT2D eigenvalue weighted by Crippen LogP contribution is 2.38. The Morgan fingerprint density at radius 2 is 2.00 bits per heavy atom. The number of imidazole rings is 1. The summed E-state index contributed by atoms with van der Waals surface area (Å²) in [5.41, 5.74) is 3.21. The van der Waals surface area contributed by atoms with Gasteiger partial charge in [-0.05, 0) is 43.1 Å². The normalized spacial score (nSPS) is 23.3. The van der Waals surface area contributed by atoms with Crippen LogP contribution in [0.4, 0.5) is 0 Å². The molecule has 0 radical (unpaired) electrons. The third kappa shape index (κ3) is 4.70. The van der Waals surface area contributed by atoms with Gasteiger partial charge in [0.1, 0.15) is 5.82 Å². The van der Waals surface area contributed by atoms with Gasteiger partial charge >= 0.3 is 0 Å². The number of nitrogens with one attached hydrogen (secondary N) is 2. The molecule has 0 saturated carbocycles. The minimum Gasteiger partial charge on any atom is -0.481 e. The van der Waals surface area contributed by atoms with Gasteiger partial charge in [-0.2, -0.15) is 4.98 Å². The SMILES string of the molecule is COc1ccc2[nH]c(CC3CC(C(C)C)C(CNC(C)C)C=C3C)nc2n1. The standard InChI is InChI=1S/C22H34N4O/c1-13(2)18-10-16(15(5)9-17(18)12-23-14(3)4)11-20-24-19-7-8-21(27-6)26-22(19)25-20/h7-9,13-14,16-18,23H,10-12H2,1-6H3,(H,24,25,26). The van der Waals surface area contributed by atoms with Crippen molar-refractivity contribution in [2.45, 2.75) is 53.5 Å². The molecule has 5 nitrogen and oxygen atoms in total. The van der Waals surface area contributed by atoms with Gasteiger partial charge in [-0.3, -0.25) is 0 Å². The first-order chi connectivity index (χ1) is 12.9. The molecule has 0 aliphatic heterocycles. The van der Waals surface area contributed by atoms with Crippen LogP contribution in [0.1, 0.15) is 46.9 Å². The molecule has 1 aliphatic carbocycles. The number of fused-ring (bicyclic) bond motifs is 1. The Kier molecular flexibility index (Phi) is 6.20. The van der Waals surface area contributed by atoms with Crippen LogP contribution in [0.5, 0.6) is 5.88 Å². The lowest BCUT2D eigenvalue weighted by atomic mass is 9.69. The summed E-state index contributed by atoms with van der Waals surface area (Å²) in [6.45, 7) is 12.5. The molecule has 5 heteroatoms. The van der Waals surface area contributed by atoms with Gasteiger partial charge in [0, 0.05) is 25.1 Å². The molecule has 0 amide bonds. The molecular formula is C22H34N4O. The molecule has 2 heterocycles. The minimum atomic E-state index is 0.532. The Hall–Kier alpha value is -1.88. The number of pyridine rings is 1. The van der Waals surface area contributed by atoms with Gasteiger partial charge in [-0.25, -0.2) is 4.98 Å². The Labute approximate surface area is 163 Å². The summed E-state index contributed by atoms with van der Waals surface area (Å²) in [5, 5.41) is 3.63. The molecule has 148 valence electrons. The third-order valence-corrected chi connectivity index (χ3v) is 5.86. The van der Waals surface area contributed by atoms with E-state index in [0.29, 0.717) is 35.6 Å².